The lowest BCUT2D eigenvalue weighted by Crippen LogP contribution is -2.43. The first-order valence-corrected chi connectivity index (χ1v) is 8.27. The molecule has 0 amide bonds. The molecule has 0 bridgehead atoms. The summed E-state index contributed by atoms with van der Waals surface area (Å²) in [5.41, 5.74) is 7.25. The van der Waals surface area contributed by atoms with Gasteiger partial charge in [-0.2, -0.15) is 0 Å². The molecule has 1 aliphatic heterocycles. The van der Waals surface area contributed by atoms with Gasteiger partial charge in [0, 0.05) is 17.6 Å². The van der Waals surface area contributed by atoms with Gasteiger partial charge < -0.3 is 10.6 Å². The molecule has 6 heteroatoms. The second kappa shape index (κ2) is 4.83. The minimum Gasteiger partial charge on any atom is -0.369 e. The van der Waals surface area contributed by atoms with Crippen LogP contribution in [-0.4, -0.2) is 33.8 Å². The fraction of sp³-hybridized carbons (Fsp3) is 0.500. The molecule has 4 nitrogen and oxygen atoms in total. The van der Waals surface area contributed by atoms with E-state index in [1.54, 1.807) is 6.07 Å². The predicted octanol–water partition coefficient (Wildman–Crippen LogP) is 1.70. The molecule has 1 heterocycles. The van der Waals surface area contributed by atoms with Crippen LogP contribution in [0.2, 0.25) is 0 Å². The van der Waals surface area contributed by atoms with E-state index in [4.69, 9.17) is 5.73 Å². The normalized spacial score (nSPS) is 21.8. The highest BCUT2D eigenvalue weighted by Gasteiger charge is 2.34. The molecule has 2 N–H and O–H groups in total. The molecule has 0 aromatic heterocycles. The van der Waals surface area contributed by atoms with Crippen LogP contribution in [0.5, 0.6) is 0 Å². The molecule has 0 spiro atoms. The fourth-order valence-corrected chi connectivity index (χ4v) is 5.36. The molecule has 0 radical (unpaired) electrons. The van der Waals surface area contributed by atoms with Gasteiger partial charge >= 0.3 is 0 Å². The van der Waals surface area contributed by atoms with Gasteiger partial charge in [0.1, 0.15) is 0 Å². The molecule has 1 aromatic rings. The Labute approximate surface area is 116 Å². The van der Waals surface area contributed by atoms with Gasteiger partial charge in [0.2, 0.25) is 0 Å². The number of nitrogens with two attached hydrogens (primary N) is 1. The Morgan fingerprint density at radius 2 is 2.17 bits per heavy atom. The third-order valence-electron chi connectivity index (χ3n) is 3.32. The first-order chi connectivity index (χ1) is 8.36. The maximum atomic E-state index is 12.3. The van der Waals surface area contributed by atoms with E-state index in [2.05, 4.69) is 15.9 Å². The summed E-state index contributed by atoms with van der Waals surface area (Å²) >= 11 is 3.47. The summed E-state index contributed by atoms with van der Waals surface area (Å²) < 4.78 is 25.5. The number of benzene rings is 1. The third-order valence-corrected chi connectivity index (χ3v) is 5.73. The average Bonchev–Trinajstić information content (AvgIpc) is 2.25. The van der Waals surface area contributed by atoms with E-state index in [1.807, 2.05) is 24.9 Å². The van der Waals surface area contributed by atoms with Crippen molar-refractivity contribution < 1.29 is 8.42 Å². The molecule has 0 fully saturated rings. The van der Waals surface area contributed by atoms with Crippen molar-refractivity contribution in [1.29, 1.82) is 0 Å². The van der Waals surface area contributed by atoms with E-state index < -0.39 is 9.84 Å². The van der Waals surface area contributed by atoms with E-state index in [-0.39, 0.29) is 11.8 Å². The van der Waals surface area contributed by atoms with Crippen molar-refractivity contribution in [3.63, 3.8) is 0 Å². The molecule has 0 saturated heterocycles. The van der Waals surface area contributed by atoms with E-state index in [1.165, 1.54) is 0 Å². The lowest BCUT2D eigenvalue weighted by atomic mass is 10.1. The summed E-state index contributed by atoms with van der Waals surface area (Å²) in [7, 11) is -1.29. The SMILES string of the molecule is Cc1cc(Br)c2c(c1)S(=O)(=O)CC(CCN)N2C. The van der Waals surface area contributed by atoms with Crippen LogP contribution in [0, 0.1) is 6.92 Å². The van der Waals surface area contributed by atoms with Crippen molar-refractivity contribution in [3.8, 4) is 0 Å². The van der Waals surface area contributed by atoms with Gasteiger partial charge in [-0.15, -0.1) is 0 Å². The third kappa shape index (κ3) is 2.29. The Morgan fingerprint density at radius 3 is 2.78 bits per heavy atom. The summed E-state index contributed by atoms with van der Waals surface area (Å²) in [6.07, 6.45) is 0.676. The van der Waals surface area contributed by atoms with Crippen LogP contribution in [0.4, 0.5) is 5.69 Å². The van der Waals surface area contributed by atoms with Crippen molar-refractivity contribution >= 4 is 31.5 Å². The van der Waals surface area contributed by atoms with E-state index in [0.717, 1.165) is 15.7 Å². The van der Waals surface area contributed by atoms with Gasteiger partial charge in [0.25, 0.3) is 0 Å². The molecule has 1 aromatic carbocycles. The van der Waals surface area contributed by atoms with Crippen molar-refractivity contribution in [2.24, 2.45) is 5.73 Å². The van der Waals surface area contributed by atoms with Gasteiger partial charge in [-0.1, -0.05) is 0 Å². The Hall–Kier alpha value is -0.590. The van der Waals surface area contributed by atoms with Crippen LogP contribution < -0.4 is 10.6 Å². The van der Waals surface area contributed by atoms with E-state index >= 15 is 0 Å². The molecule has 100 valence electrons. The van der Waals surface area contributed by atoms with Crippen molar-refractivity contribution in [2.45, 2.75) is 24.3 Å². The van der Waals surface area contributed by atoms with Crippen LogP contribution in [0.3, 0.4) is 0 Å². The molecule has 0 aliphatic carbocycles. The molecule has 18 heavy (non-hydrogen) atoms. The van der Waals surface area contributed by atoms with Gasteiger partial charge in [0.15, 0.2) is 9.84 Å². The van der Waals surface area contributed by atoms with E-state index in [0.29, 0.717) is 17.9 Å². The maximum absolute atomic E-state index is 12.3. The smallest absolute Gasteiger partial charge is 0.182 e. The summed E-state index contributed by atoms with van der Waals surface area (Å²) in [5, 5.41) is 0. The summed E-state index contributed by atoms with van der Waals surface area (Å²) in [5.74, 6) is 0.142. The van der Waals surface area contributed by atoms with Crippen LogP contribution in [0.1, 0.15) is 12.0 Å². The average molecular weight is 333 g/mol. The molecule has 1 unspecified atom stereocenters. The molecular weight excluding hydrogens is 316 g/mol. The summed E-state index contributed by atoms with van der Waals surface area (Å²) in [4.78, 5) is 2.44. The van der Waals surface area contributed by atoms with Crippen LogP contribution in [-0.2, 0) is 9.84 Å². The molecule has 0 saturated carbocycles. The maximum Gasteiger partial charge on any atom is 0.182 e. The van der Waals surface area contributed by atoms with Gasteiger partial charge in [-0.05, 0) is 53.5 Å². The lowest BCUT2D eigenvalue weighted by Gasteiger charge is -2.36. The molecule has 1 atom stereocenters. The second-order valence-electron chi connectivity index (χ2n) is 4.72. The number of hydrogen-bond donors (Lipinski definition) is 1. The molecule has 1 aliphatic rings. The number of aryl methyl sites for hydroxylation is 1. The highest BCUT2D eigenvalue weighted by atomic mass is 79.9. The highest BCUT2D eigenvalue weighted by molar-refractivity contribution is 9.10. The zero-order chi connectivity index (χ0) is 13.5. The number of anilines is 1. The first kappa shape index (κ1) is 13.8. The fourth-order valence-electron chi connectivity index (χ4n) is 2.39. The Bertz CT molecular complexity index is 572. The minimum atomic E-state index is -3.22. The number of nitrogens with zero attached hydrogens (tertiary/aromatic N) is 1. The van der Waals surface area contributed by atoms with Crippen molar-refractivity contribution in [1.82, 2.24) is 0 Å². The predicted molar refractivity (Wildman–Crippen MR) is 76.8 cm³/mol. The number of fused-ring (bicyclic) bond motifs is 1. The highest BCUT2D eigenvalue weighted by Crippen LogP contribution is 2.39. The van der Waals surface area contributed by atoms with Gasteiger partial charge in [-0.3, -0.25) is 0 Å². The Balaban J connectivity index is 2.63. The minimum absolute atomic E-state index is 0.0495. The van der Waals surface area contributed by atoms with Crippen molar-refractivity contribution in [3.05, 3.63) is 22.2 Å². The van der Waals surface area contributed by atoms with Crippen LogP contribution in [0.25, 0.3) is 0 Å². The zero-order valence-electron chi connectivity index (χ0n) is 10.5. The second-order valence-corrected chi connectivity index (χ2v) is 7.57. The molecule has 2 rings (SSSR count). The van der Waals surface area contributed by atoms with Crippen molar-refractivity contribution in [2.75, 3.05) is 24.2 Å². The zero-order valence-corrected chi connectivity index (χ0v) is 12.9. The lowest BCUT2D eigenvalue weighted by molar-refractivity contribution is 0.560. The Morgan fingerprint density at radius 1 is 1.50 bits per heavy atom. The first-order valence-electron chi connectivity index (χ1n) is 5.82. The van der Waals surface area contributed by atoms with Crippen LogP contribution >= 0.6 is 15.9 Å². The topological polar surface area (TPSA) is 63.4 Å². The number of sulfone groups is 1. The largest absolute Gasteiger partial charge is 0.369 e. The summed E-state index contributed by atoms with van der Waals surface area (Å²) in [6, 6.07) is 3.63. The summed E-state index contributed by atoms with van der Waals surface area (Å²) in [6.45, 7) is 2.38. The van der Waals surface area contributed by atoms with E-state index in [9.17, 15) is 8.42 Å². The number of halogens is 1. The molecular formula is C12H17BrN2O2S. The Kier molecular flexibility index (Phi) is 3.71. The van der Waals surface area contributed by atoms with Gasteiger partial charge in [0.05, 0.1) is 16.3 Å². The standard InChI is InChI=1S/C12H17BrN2O2S/c1-8-5-10(13)12-11(6-8)18(16,17)7-9(3-4-14)15(12)2/h5-6,9H,3-4,7,14H2,1-2H3. The van der Waals surface area contributed by atoms with Gasteiger partial charge in [-0.25, -0.2) is 8.42 Å². The number of rotatable bonds is 2. The monoisotopic (exact) mass is 332 g/mol. The number of hydrogen-bond acceptors (Lipinski definition) is 4. The van der Waals surface area contributed by atoms with Crippen LogP contribution in [0.15, 0.2) is 21.5 Å². The quantitative estimate of drug-likeness (QED) is 0.895.